The summed E-state index contributed by atoms with van der Waals surface area (Å²) in [4.78, 5) is 28.2. The van der Waals surface area contributed by atoms with Crippen LogP contribution >= 0.6 is 0 Å². The highest BCUT2D eigenvalue weighted by Crippen LogP contribution is 2.33. The largest absolute Gasteiger partial charge is 0.423 e. The normalized spacial score (nSPS) is 13.1. The van der Waals surface area contributed by atoms with Gasteiger partial charge in [0.15, 0.2) is 11.6 Å². The molecule has 4 rings (SSSR count). The van der Waals surface area contributed by atoms with Crippen molar-refractivity contribution in [1.29, 1.82) is 0 Å². The highest BCUT2D eigenvalue weighted by Gasteiger charge is 2.38. The molecule has 0 aliphatic heterocycles. The van der Waals surface area contributed by atoms with E-state index in [1.807, 2.05) is 0 Å². The van der Waals surface area contributed by atoms with Crippen LogP contribution in [0.25, 0.3) is 22.0 Å². The number of fused-ring (bicyclic) bond motifs is 1. The number of aromatic amines is 1. The zero-order valence-corrected chi connectivity index (χ0v) is 21.9. The highest BCUT2D eigenvalue weighted by molar-refractivity contribution is 5.87. The molecule has 0 fully saturated rings. The molecule has 236 valence electrons. The summed E-state index contributed by atoms with van der Waals surface area (Å²) in [6.07, 6.45) is -7.83. The maximum atomic E-state index is 15.1. The lowest BCUT2D eigenvalue weighted by molar-refractivity contribution is -0.139. The van der Waals surface area contributed by atoms with Crippen LogP contribution in [0, 0.1) is 11.6 Å². The van der Waals surface area contributed by atoms with Crippen molar-refractivity contribution in [2.75, 3.05) is 11.9 Å². The van der Waals surface area contributed by atoms with Gasteiger partial charge in [-0.25, -0.2) is 13.9 Å². The summed E-state index contributed by atoms with van der Waals surface area (Å²) in [5, 5.41) is 6.42. The van der Waals surface area contributed by atoms with Crippen molar-refractivity contribution < 1.29 is 48.6 Å². The van der Waals surface area contributed by atoms with Gasteiger partial charge in [0.2, 0.25) is 0 Å². The monoisotopic (exact) mass is 639 g/mol. The molecule has 0 aliphatic carbocycles. The predicted octanol–water partition coefficient (Wildman–Crippen LogP) is 5.96. The van der Waals surface area contributed by atoms with Gasteiger partial charge in [-0.05, 0) is 42.5 Å². The smallest absolute Gasteiger partial charge is 0.378 e. The first kappa shape index (κ1) is 32.4. The van der Waals surface area contributed by atoms with E-state index in [-0.39, 0.29) is 30.5 Å². The van der Waals surface area contributed by atoms with Gasteiger partial charge in [-0.15, -0.1) is 0 Å². The molecule has 0 saturated carbocycles. The Morgan fingerprint density at radius 1 is 0.977 bits per heavy atom. The first-order valence-corrected chi connectivity index (χ1v) is 12.4. The summed E-state index contributed by atoms with van der Waals surface area (Å²) in [6.45, 7) is -4.32. The third-order valence-corrected chi connectivity index (χ3v) is 6.39. The Morgan fingerprint density at radius 3 is 2.32 bits per heavy atom. The van der Waals surface area contributed by atoms with E-state index < -0.39 is 82.1 Å². The van der Waals surface area contributed by atoms with Gasteiger partial charge in [0.05, 0.1) is 35.1 Å². The molecule has 0 radical (unpaired) electrons. The highest BCUT2D eigenvalue weighted by atomic mass is 19.4. The Labute approximate surface area is 239 Å². The van der Waals surface area contributed by atoms with Crippen molar-refractivity contribution in [1.82, 2.24) is 19.7 Å². The van der Waals surface area contributed by atoms with Crippen LogP contribution in [0.3, 0.4) is 0 Å². The van der Waals surface area contributed by atoms with Crippen LogP contribution in [0.2, 0.25) is 0 Å². The SMILES string of the molecule is O=c1[nH]ncc(N[C@H](CCCn2ccc3cc(-c4ccc(C(F)(F)F)cn4)c(F)c(F)c3c2=O)COC(F)F)c1C(F)(F)F. The van der Waals surface area contributed by atoms with Crippen molar-refractivity contribution in [3.8, 4) is 11.3 Å². The summed E-state index contributed by atoms with van der Waals surface area (Å²) < 4.78 is 139. The van der Waals surface area contributed by atoms with Gasteiger partial charge < -0.3 is 14.6 Å². The van der Waals surface area contributed by atoms with Crippen LogP contribution in [0.15, 0.2) is 52.4 Å². The molecule has 0 saturated heterocycles. The molecule has 0 aliphatic rings. The zero-order chi connectivity index (χ0) is 32.4. The molecule has 0 amide bonds. The van der Waals surface area contributed by atoms with Crippen molar-refractivity contribution in [2.24, 2.45) is 0 Å². The molecular weight excluding hydrogens is 620 g/mol. The number of anilines is 1. The summed E-state index contributed by atoms with van der Waals surface area (Å²) in [7, 11) is 0. The van der Waals surface area contributed by atoms with Crippen LogP contribution in [-0.4, -0.2) is 39.0 Å². The third kappa shape index (κ3) is 7.17. The first-order valence-electron chi connectivity index (χ1n) is 12.4. The number of aryl methyl sites for hydroxylation is 1. The molecular formula is C26H19F10N5O3. The minimum Gasteiger partial charge on any atom is -0.378 e. The maximum absolute atomic E-state index is 15.1. The summed E-state index contributed by atoms with van der Waals surface area (Å²) in [6, 6.07) is 2.49. The average Bonchev–Trinajstić information content (AvgIpc) is 2.93. The fraction of sp³-hybridized carbons (Fsp3) is 0.308. The number of hydrogen-bond acceptors (Lipinski definition) is 6. The number of halogens is 10. The van der Waals surface area contributed by atoms with Gasteiger partial charge >= 0.3 is 19.0 Å². The number of ether oxygens (including phenoxy) is 1. The Bertz CT molecular complexity index is 1750. The van der Waals surface area contributed by atoms with Crippen LogP contribution < -0.4 is 16.4 Å². The third-order valence-electron chi connectivity index (χ3n) is 6.39. The molecule has 1 atom stereocenters. The van der Waals surface area contributed by atoms with E-state index in [4.69, 9.17) is 0 Å². The van der Waals surface area contributed by atoms with E-state index >= 15 is 4.39 Å². The molecule has 3 heterocycles. The topological polar surface area (TPSA) is 102 Å². The van der Waals surface area contributed by atoms with E-state index in [1.54, 1.807) is 5.10 Å². The first-order chi connectivity index (χ1) is 20.6. The lowest BCUT2D eigenvalue weighted by Crippen LogP contribution is -2.32. The number of H-pyrrole nitrogens is 1. The van der Waals surface area contributed by atoms with E-state index in [9.17, 15) is 49.1 Å². The number of alkyl halides is 8. The molecule has 18 heteroatoms. The Hall–Kier alpha value is -4.48. The van der Waals surface area contributed by atoms with E-state index in [2.05, 4.69) is 20.1 Å². The maximum Gasteiger partial charge on any atom is 0.423 e. The zero-order valence-electron chi connectivity index (χ0n) is 21.9. The molecule has 3 aromatic heterocycles. The van der Waals surface area contributed by atoms with Gasteiger partial charge in [0, 0.05) is 30.5 Å². The van der Waals surface area contributed by atoms with Gasteiger partial charge in [-0.1, -0.05) is 0 Å². The van der Waals surface area contributed by atoms with Gasteiger partial charge in [-0.3, -0.25) is 14.6 Å². The lowest BCUT2D eigenvalue weighted by Gasteiger charge is -2.22. The molecule has 0 spiro atoms. The van der Waals surface area contributed by atoms with Gasteiger partial charge in [0.1, 0.15) is 5.56 Å². The van der Waals surface area contributed by atoms with E-state index in [1.165, 1.54) is 12.3 Å². The van der Waals surface area contributed by atoms with E-state index in [0.29, 0.717) is 18.5 Å². The average molecular weight is 639 g/mol. The quantitative estimate of drug-likeness (QED) is 0.208. The summed E-state index contributed by atoms with van der Waals surface area (Å²) >= 11 is 0. The summed E-state index contributed by atoms with van der Waals surface area (Å²) in [5.74, 6) is -3.13. The number of pyridine rings is 2. The standard InChI is InChI=1S/C26H19F10N5O3/c27-20-15(16-4-3-13(9-37-16)25(31,32)33)8-12-5-7-41(23(43)18(12)21(20)28)6-1-2-14(11-44-24(29)30)39-17-10-38-40-22(42)19(17)26(34,35)36/h3-5,7-10,14,24H,1-2,6,11H2,(H2,39,40,42)/t14-/m1/s1. The fourth-order valence-electron chi connectivity index (χ4n) is 4.36. The van der Waals surface area contributed by atoms with Gasteiger partial charge in [0.25, 0.3) is 11.1 Å². The predicted molar refractivity (Wildman–Crippen MR) is 135 cm³/mol. The Morgan fingerprint density at radius 2 is 1.70 bits per heavy atom. The number of rotatable bonds is 10. The Balaban J connectivity index is 1.56. The minimum absolute atomic E-state index is 0.0781. The van der Waals surface area contributed by atoms with Crippen LogP contribution in [0.4, 0.5) is 49.6 Å². The van der Waals surface area contributed by atoms with Crippen LogP contribution in [0.5, 0.6) is 0 Å². The molecule has 1 aromatic carbocycles. The minimum atomic E-state index is -5.12. The van der Waals surface area contributed by atoms with E-state index in [0.717, 1.165) is 16.7 Å². The molecule has 0 unspecified atom stereocenters. The van der Waals surface area contributed by atoms with Crippen molar-refractivity contribution >= 4 is 16.5 Å². The van der Waals surface area contributed by atoms with Crippen molar-refractivity contribution in [2.45, 2.75) is 44.4 Å². The number of nitrogens with one attached hydrogen (secondary N) is 2. The number of hydrogen-bond donors (Lipinski definition) is 2. The number of nitrogens with zero attached hydrogens (tertiary/aromatic N) is 3. The second-order valence-electron chi connectivity index (χ2n) is 9.32. The Kier molecular flexibility index (Phi) is 9.31. The molecule has 2 N–H and O–H groups in total. The second-order valence-corrected chi connectivity index (χ2v) is 9.32. The molecule has 4 aromatic rings. The number of benzene rings is 1. The van der Waals surface area contributed by atoms with Gasteiger partial charge in [-0.2, -0.15) is 40.2 Å². The molecule has 0 bridgehead atoms. The van der Waals surface area contributed by atoms with Crippen molar-refractivity contribution in [3.63, 3.8) is 0 Å². The van der Waals surface area contributed by atoms with Crippen molar-refractivity contribution in [3.05, 3.63) is 86.3 Å². The molecule has 8 nitrogen and oxygen atoms in total. The fourth-order valence-corrected chi connectivity index (χ4v) is 4.36. The summed E-state index contributed by atoms with van der Waals surface area (Å²) in [5.41, 5.74) is -6.98. The number of aromatic nitrogens is 4. The van der Waals surface area contributed by atoms with Crippen LogP contribution in [-0.2, 0) is 23.6 Å². The molecule has 44 heavy (non-hydrogen) atoms. The second kappa shape index (κ2) is 12.6. The lowest BCUT2D eigenvalue weighted by atomic mass is 10.0. The van der Waals surface area contributed by atoms with Crippen LogP contribution in [0.1, 0.15) is 24.0 Å².